The second-order valence-electron chi connectivity index (χ2n) is 3.12. The van der Waals surface area contributed by atoms with Gasteiger partial charge < -0.3 is 5.32 Å². The molecule has 88 valence electrons. The van der Waals surface area contributed by atoms with Crippen LogP contribution in [0.2, 0.25) is 0 Å². The van der Waals surface area contributed by atoms with Gasteiger partial charge in [0.1, 0.15) is 5.82 Å². The van der Waals surface area contributed by atoms with Crippen LogP contribution in [0.5, 0.6) is 0 Å². The summed E-state index contributed by atoms with van der Waals surface area (Å²) >= 11 is 0. The Labute approximate surface area is 95.8 Å². The Balaban J connectivity index is 2.87. The molecule has 17 heavy (non-hydrogen) atoms. The summed E-state index contributed by atoms with van der Waals surface area (Å²) in [4.78, 5) is 21.1. The molecular formula is C10H8FN3O3. The number of nitro benzene ring substituents is 1. The number of amides is 1. The van der Waals surface area contributed by atoms with Crippen LogP contribution in [0.3, 0.4) is 0 Å². The Hall–Kier alpha value is -2.49. The molecule has 7 heteroatoms. The third-order valence-electron chi connectivity index (χ3n) is 1.88. The number of nitriles is 1. The first-order valence-corrected chi connectivity index (χ1v) is 4.64. The highest BCUT2D eigenvalue weighted by Crippen LogP contribution is 2.16. The lowest BCUT2D eigenvalue weighted by atomic mass is 10.2. The van der Waals surface area contributed by atoms with Crippen molar-refractivity contribution in [1.82, 2.24) is 5.32 Å². The average Bonchev–Trinajstić information content (AvgIpc) is 2.28. The molecule has 0 atom stereocenters. The van der Waals surface area contributed by atoms with Crippen molar-refractivity contribution < 1.29 is 14.1 Å². The first kappa shape index (κ1) is 12.6. The number of hydrogen-bond acceptors (Lipinski definition) is 4. The van der Waals surface area contributed by atoms with Gasteiger partial charge in [0.05, 0.1) is 23.5 Å². The van der Waals surface area contributed by atoms with Crippen LogP contribution in [0, 0.1) is 27.3 Å². The first-order valence-electron chi connectivity index (χ1n) is 4.64. The molecule has 6 nitrogen and oxygen atoms in total. The third-order valence-corrected chi connectivity index (χ3v) is 1.88. The van der Waals surface area contributed by atoms with E-state index in [1.807, 2.05) is 6.07 Å². The number of hydrogen-bond donors (Lipinski definition) is 1. The number of nitrogens with zero attached hydrogens (tertiary/aromatic N) is 2. The van der Waals surface area contributed by atoms with Crippen LogP contribution in [0.4, 0.5) is 10.1 Å². The lowest BCUT2D eigenvalue weighted by molar-refractivity contribution is -0.385. The standard InChI is InChI=1S/C10H8FN3O3/c11-8-4-7(5-9(6-8)14(16)17)10(15)13-3-1-2-12/h4-6H,1,3H2,(H,13,15). The SMILES string of the molecule is N#CCCNC(=O)c1cc(F)cc([N+](=O)[O-])c1. The Morgan fingerprint density at radius 3 is 2.82 bits per heavy atom. The van der Waals surface area contributed by atoms with Crippen molar-refractivity contribution in [3.8, 4) is 6.07 Å². The van der Waals surface area contributed by atoms with Crippen LogP contribution in [0.1, 0.15) is 16.8 Å². The zero-order valence-electron chi connectivity index (χ0n) is 8.64. The smallest absolute Gasteiger partial charge is 0.273 e. The summed E-state index contributed by atoms with van der Waals surface area (Å²) in [6.07, 6.45) is 0.114. The Kier molecular flexibility index (Phi) is 4.11. The zero-order valence-corrected chi connectivity index (χ0v) is 8.64. The molecule has 1 N–H and O–H groups in total. The summed E-state index contributed by atoms with van der Waals surface area (Å²) in [7, 11) is 0. The highest BCUT2D eigenvalue weighted by molar-refractivity contribution is 5.94. The lowest BCUT2D eigenvalue weighted by Gasteiger charge is -2.02. The molecule has 0 aliphatic carbocycles. The van der Waals surface area contributed by atoms with E-state index in [9.17, 15) is 19.3 Å². The minimum absolute atomic E-state index is 0.111. The second-order valence-corrected chi connectivity index (χ2v) is 3.12. The Morgan fingerprint density at radius 1 is 1.53 bits per heavy atom. The molecular weight excluding hydrogens is 229 g/mol. The van der Waals surface area contributed by atoms with E-state index in [2.05, 4.69) is 5.32 Å². The maximum atomic E-state index is 13.0. The average molecular weight is 237 g/mol. The minimum Gasteiger partial charge on any atom is -0.351 e. The number of nitro groups is 1. The lowest BCUT2D eigenvalue weighted by Crippen LogP contribution is -2.24. The van der Waals surface area contributed by atoms with Crippen LogP contribution in [0.25, 0.3) is 0 Å². The van der Waals surface area contributed by atoms with E-state index >= 15 is 0 Å². The molecule has 1 aromatic rings. The Morgan fingerprint density at radius 2 is 2.24 bits per heavy atom. The molecule has 0 radical (unpaired) electrons. The summed E-state index contributed by atoms with van der Waals surface area (Å²) in [5.74, 6) is -1.51. The highest BCUT2D eigenvalue weighted by atomic mass is 19.1. The van der Waals surface area contributed by atoms with E-state index in [4.69, 9.17) is 5.26 Å². The van der Waals surface area contributed by atoms with Gasteiger partial charge in [-0.1, -0.05) is 0 Å². The number of rotatable bonds is 4. The van der Waals surface area contributed by atoms with Gasteiger partial charge in [-0.25, -0.2) is 4.39 Å². The van der Waals surface area contributed by atoms with E-state index in [1.165, 1.54) is 0 Å². The molecule has 0 fully saturated rings. The predicted octanol–water partition coefficient (Wildman–Crippen LogP) is 1.38. The van der Waals surface area contributed by atoms with Crippen molar-refractivity contribution in [3.05, 3.63) is 39.7 Å². The molecule has 0 spiro atoms. The number of benzene rings is 1. The molecule has 1 amide bonds. The molecule has 0 aliphatic rings. The van der Waals surface area contributed by atoms with Gasteiger partial charge in [-0.2, -0.15) is 5.26 Å². The number of halogens is 1. The van der Waals surface area contributed by atoms with Gasteiger partial charge in [0.25, 0.3) is 11.6 Å². The van der Waals surface area contributed by atoms with Crippen molar-refractivity contribution in [2.75, 3.05) is 6.54 Å². The van der Waals surface area contributed by atoms with Crippen LogP contribution < -0.4 is 5.32 Å². The van der Waals surface area contributed by atoms with Crippen molar-refractivity contribution >= 4 is 11.6 Å². The molecule has 0 saturated heterocycles. The van der Waals surface area contributed by atoms with Gasteiger partial charge in [0.2, 0.25) is 0 Å². The van der Waals surface area contributed by atoms with E-state index in [1.54, 1.807) is 0 Å². The summed E-state index contributed by atoms with van der Waals surface area (Å²) in [5, 5.41) is 21.1. The van der Waals surface area contributed by atoms with Gasteiger partial charge in [0.15, 0.2) is 0 Å². The molecule has 0 aliphatic heterocycles. The van der Waals surface area contributed by atoms with Gasteiger partial charge in [-0.15, -0.1) is 0 Å². The molecule has 0 aromatic heterocycles. The summed E-state index contributed by atoms with van der Waals surface area (Å²) < 4.78 is 13.0. The molecule has 0 unspecified atom stereocenters. The number of carbonyl (C=O) groups excluding carboxylic acids is 1. The van der Waals surface area contributed by atoms with Crippen LogP contribution >= 0.6 is 0 Å². The van der Waals surface area contributed by atoms with Crippen molar-refractivity contribution in [1.29, 1.82) is 5.26 Å². The second kappa shape index (κ2) is 5.55. The minimum atomic E-state index is -0.857. The third kappa shape index (κ3) is 3.53. The topological polar surface area (TPSA) is 96.0 Å². The molecule has 0 heterocycles. The van der Waals surface area contributed by atoms with Gasteiger partial charge in [0, 0.05) is 18.2 Å². The number of nitrogens with one attached hydrogen (secondary N) is 1. The fourth-order valence-electron chi connectivity index (χ4n) is 1.14. The van der Waals surface area contributed by atoms with E-state index in [0.717, 1.165) is 18.2 Å². The van der Waals surface area contributed by atoms with E-state index in [-0.39, 0.29) is 18.5 Å². The summed E-state index contributed by atoms with van der Waals surface area (Å²) in [5.41, 5.74) is -0.634. The fourth-order valence-corrected chi connectivity index (χ4v) is 1.14. The highest BCUT2D eigenvalue weighted by Gasteiger charge is 2.14. The van der Waals surface area contributed by atoms with E-state index < -0.39 is 22.3 Å². The van der Waals surface area contributed by atoms with Crippen molar-refractivity contribution in [2.24, 2.45) is 0 Å². The molecule has 1 rings (SSSR count). The van der Waals surface area contributed by atoms with Gasteiger partial charge >= 0.3 is 0 Å². The normalized spacial score (nSPS) is 9.41. The maximum Gasteiger partial charge on any atom is 0.273 e. The van der Waals surface area contributed by atoms with Crippen molar-refractivity contribution in [3.63, 3.8) is 0 Å². The van der Waals surface area contributed by atoms with Gasteiger partial charge in [-0.05, 0) is 6.07 Å². The van der Waals surface area contributed by atoms with Crippen LogP contribution in [-0.2, 0) is 0 Å². The van der Waals surface area contributed by atoms with Crippen LogP contribution in [-0.4, -0.2) is 17.4 Å². The largest absolute Gasteiger partial charge is 0.351 e. The molecule has 1 aromatic carbocycles. The quantitative estimate of drug-likeness (QED) is 0.486. The predicted molar refractivity (Wildman–Crippen MR) is 55.6 cm³/mol. The fraction of sp³-hybridized carbons (Fsp3) is 0.200. The van der Waals surface area contributed by atoms with Gasteiger partial charge in [-0.3, -0.25) is 14.9 Å². The maximum absolute atomic E-state index is 13.0. The molecule has 0 bridgehead atoms. The summed E-state index contributed by atoms with van der Waals surface area (Å²) in [6, 6.07) is 4.42. The zero-order chi connectivity index (χ0) is 12.8. The molecule has 0 saturated carbocycles. The summed E-state index contributed by atoms with van der Waals surface area (Å²) in [6.45, 7) is 0.111. The van der Waals surface area contributed by atoms with Crippen LogP contribution in [0.15, 0.2) is 18.2 Å². The number of carbonyl (C=O) groups is 1. The Bertz CT molecular complexity index is 496. The van der Waals surface area contributed by atoms with E-state index in [0.29, 0.717) is 0 Å². The first-order chi connectivity index (χ1) is 8.04. The number of non-ortho nitro benzene ring substituents is 1. The van der Waals surface area contributed by atoms with Crippen molar-refractivity contribution in [2.45, 2.75) is 6.42 Å². The monoisotopic (exact) mass is 237 g/mol.